The summed E-state index contributed by atoms with van der Waals surface area (Å²) in [6.07, 6.45) is 5.78. The molecular formula is C9H13N3O3. The van der Waals surface area contributed by atoms with Gasteiger partial charge in [0.15, 0.2) is 0 Å². The third kappa shape index (κ3) is 3.80. The zero-order valence-electron chi connectivity index (χ0n) is 8.46. The molecule has 0 aliphatic heterocycles. The molecule has 0 spiro atoms. The first-order chi connectivity index (χ1) is 7.24. The van der Waals surface area contributed by atoms with Crippen molar-refractivity contribution in [3.05, 3.63) is 18.2 Å². The van der Waals surface area contributed by atoms with Crippen molar-refractivity contribution in [1.29, 1.82) is 0 Å². The first kappa shape index (κ1) is 11.2. The molecule has 0 aliphatic rings. The minimum Gasteiger partial charge on any atom is -0.479 e. The molecule has 1 aromatic heterocycles. The van der Waals surface area contributed by atoms with Gasteiger partial charge in [-0.2, -0.15) is 0 Å². The largest absolute Gasteiger partial charge is 0.479 e. The van der Waals surface area contributed by atoms with Crippen molar-refractivity contribution in [3.63, 3.8) is 0 Å². The number of oxime groups is 1. The summed E-state index contributed by atoms with van der Waals surface area (Å²) in [5, 5.41) is 11.8. The smallest absolute Gasteiger partial charge is 0.344 e. The first-order valence-corrected chi connectivity index (χ1v) is 4.61. The highest BCUT2D eigenvalue weighted by Gasteiger charge is 1.98. The van der Waals surface area contributed by atoms with Gasteiger partial charge in [-0.25, -0.2) is 9.78 Å². The number of carboxylic acids is 1. The maximum atomic E-state index is 10.1. The molecule has 1 N–H and O–H groups in total. The van der Waals surface area contributed by atoms with E-state index in [0.717, 1.165) is 18.7 Å². The highest BCUT2D eigenvalue weighted by molar-refractivity contribution is 5.76. The minimum absolute atomic E-state index is 0.432. The van der Waals surface area contributed by atoms with Crippen LogP contribution in [0.15, 0.2) is 17.7 Å². The van der Waals surface area contributed by atoms with Crippen LogP contribution in [0.1, 0.15) is 19.0 Å². The van der Waals surface area contributed by atoms with Crippen LogP contribution in [0.3, 0.4) is 0 Å². The number of aromatic nitrogens is 2. The summed E-state index contributed by atoms with van der Waals surface area (Å²) in [6.45, 7) is 2.47. The van der Waals surface area contributed by atoms with Gasteiger partial charge in [0, 0.05) is 6.54 Å². The average Bonchev–Trinajstić information content (AvgIpc) is 2.61. The molecule has 0 saturated carbocycles. The van der Waals surface area contributed by atoms with E-state index in [1.54, 1.807) is 12.5 Å². The Morgan fingerprint density at radius 1 is 1.80 bits per heavy atom. The van der Waals surface area contributed by atoms with Gasteiger partial charge < -0.3 is 14.5 Å². The third-order valence-electron chi connectivity index (χ3n) is 1.66. The van der Waals surface area contributed by atoms with Crippen LogP contribution in [0.4, 0.5) is 0 Å². The molecular weight excluding hydrogens is 198 g/mol. The molecule has 6 nitrogen and oxygen atoms in total. The van der Waals surface area contributed by atoms with Crippen molar-refractivity contribution in [1.82, 2.24) is 9.55 Å². The monoisotopic (exact) mass is 211 g/mol. The third-order valence-corrected chi connectivity index (χ3v) is 1.66. The zero-order valence-corrected chi connectivity index (χ0v) is 8.46. The lowest BCUT2D eigenvalue weighted by molar-refractivity contribution is -0.142. The number of imidazole rings is 1. The van der Waals surface area contributed by atoms with E-state index >= 15 is 0 Å². The van der Waals surface area contributed by atoms with Crippen LogP contribution in [-0.2, 0) is 16.2 Å². The Balaban J connectivity index is 2.48. The van der Waals surface area contributed by atoms with Gasteiger partial charge in [0.2, 0.25) is 6.61 Å². The van der Waals surface area contributed by atoms with Crippen molar-refractivity contribution >= 4 is 12.2 Å². The quantitative estimate of drug-likeness (QED) is 0.555. The van der Waals surface area contributed by atoms with Gasteiger partial charge in [-0.3, -0.25) is 0 Å². The lowest BCUT2D eigenvalue weighted by atomic mass is 10.4. The lowest BCUT2D eigenvalue weighted by Gasteiger charge is -2.00. The minimum atomic E-state index is -1.05. The molecule has 0 saturated heterocycles. The van der Waals surface area contributed by atoms with E-state index in [9.17, 15) is 4.79 Å². The van der Waals surface area contributed by atoms with Crippen molar-refractivity contribution in [3.8, 4) is 0 Å². The Hall–Kier alpha value is -1.85. The molecule has 0 bridgehead atoms. The molecule has 1 rings (SSSR count). The van der Waals surface area contributed by atoms with Gasteiger partial charge in [0.25, 0.3) is 0 Å². The van der Waals surface area contributed by atoms with E-state index in [4.69, 9.17) is 5.11 Å². The number of carboxylic acid groups (broad SMARTS) is 1. The van der Waals surface area contributed by atoms with Gasteiger partial charge in [0.1, 0.15) is 0 Å². The Morgan fingerprint density at radius 2 is 2.60 bits per heavy atom. The summed E-state index contributed by atoms with van der Waals surface area (Å²) in [4.78, 5) is 18.6. The molecule has 0 fully saturated rings. The Morgan fingerprint density at radius 3 is 3.27 bits per heavy atom. The summed E-state index contributed by atoms with van der Waals surface area (Å²) in [6, 6.07) is 0. The second-order valence-corrected chi connectivity index (χ2v) is 2.91. The fourth-order valence-electron chi connectivity index (χ4n) is 1.05. The fraction of sp³-hybridized carbons (Fsp3) is 0.444. The highest BCUT2D eigenvalue weighted by Crippen LogP contribution is 1.97. The second kappa shape index (κ2) is 5.79. The summed E-state index contributed by atoms with van der Waals surface area (Å²) >= 11 is 0. The predicted octanol–water partition coefficient (Wildman–Crippen LogP) is 0.728. The molecule has 0 atom stereocenters. The van der Waals surface area contributed by atoms with Crippen LogP contribution >= 0.6 is 0 Å². The maximum absolute atomic E-state index is 10.1. The Bertz CT molecular complexity index is 346. The summed E-state index contributed by atoms with van der Waals surface area (Å²) in [7, 11) is 0. The van der Waals surface area contributed by atoms with Crippen molar-refractivity contribution < 1.29 is 14.7 Å². The molecule has 0 radical (unpaired) electrons. The van der Waals surface area contributed by atoms with Crippen LogP contribution in [0.2, 0.25) is 0 Å². The van der Waals surface area contributed by atoms with Gasteiger partial charge in [-0.05, 0) is 6.42 Å². The summed E-state index contributed by atoms with van der Waals surface area (Å²) in [5.74, 6) is -1.05. The Kier molecular flexibility index (Phi) is 4.33. The predicted molar refractivity (Wildman–Crippen MR) is 53.7 cm³/mol. The maximum Gasteiger partial charge on any atom is 0.344 e. The van der Waals surface area contributed by atoms with E-state index in [0.29, 0.717) is 0 Å². The summed E-state index contributed by atoms with van der Waals surface area (Å²) < 4.78 is 1.91. The second-order valence-electron chi connectivity index (χ2n) is 2.91. The van der Waals surface area contributed by atoms with Gasteiger partial charge in [0.05, 0.1) is 24.4 Å². The number of hydrogen-bond acceptors (Lipinski definition) is 4. The van der Waals surface area contributed by atoms with E-state index in [1.807, 2.05) is 4.57 Å². The van der Waals surface area contributed by atoms with Gasteiger partial charge >= 0.3 is 5.97 Å². The molecule has 0 aromatic carbocycles. The van der Waals surface area contributed by atoms with Crippen molar-refractivity contribution in [2.24, 2.45) is 5.16 Å². The fourth-order valence-corrected chi connectivity index (χ4v) is 1.05. The molecule has 6 heteroatoms. The van der Waals surface area contributed by atoms with Crippen LogP contribution < -0.4 is 0 Å². The molecule has 0 aliphatic carbocycles. The van der Waals surface area contributed by atoms with Crippen molar-refractivity contribution in [2.45, 2.75) is 19.9 Å². The number of aryl methyl sites for hydroxylation is 1. The zero-order chi connectivity index (χ0) is 11.1. The summed E-state index contributed by atoms with van der Waals surface area (Å²) in [5.41, 5.74) is 0.794. The topological polar surface area (TPSA) is 76.7 Å². The molecule has 1 aromatic rings. The normalized spacial score (nSPS) is 10.7. The molecule has 82 valence electrons. The number of aliphatic carboxylic acids is 1. The first-order valence-electron chi connectivity index (χ1n) is 4.61. The van der Waals surface area contributed by atoms with Crippen LogP contribution in [0.25, 0.3) is 0 Å². The molecule has 1 heterocycles. The van der Waals surface area contributed by atoms with Crippen LogP contribution in [0, 0.1) is 0 Å². The van der Waals surface area contributed by atoms with Gasteiger partial charge in [-0.1, -0.05) is 12.1 Å². The highest BCUT2D eigenvalue weighted by atomic mass is 16.6. The standard InChI is InChI=1S/C9H13N3O3/c1-2-3-12-7-10-4-8(12)5-11-15-6-9(13)14/h4-5,7H,2-3,6H2,1H3,(H,13,14). The molecule has 15 heavy (non-hydrogen) atoms. The number of rotatable bonds is 6. The number of hydrogen-bond donors (Lipinski definition) is 1. The van der Waals surface area contributed by atoms with Crippen molar-refractivity contribution in [2.75, 3.05) is 6.61 Å². The number of carbonyl (C=O) groups is 1. The number of nitrogens with zero attached hydrogens (tertiary/aromatic N) is 3. The van der Waals surface area contributed by atoms with Crippen LogP contribution in [0.5, 0.6) is 0 Å². The van der Waals surface area contributed by atoms with E-state index in [2.05, 4.69) is 21.9 Å². The van der Waals surface area contributed by atoms with Crippen LogP contribution in [-0.4, -0.2) is 33.4 Å². The Labute approximate surface area is 87.2 Å². The lowest BCUT2D eigenvalue weighted by Crippen LogP contribution is -2.04. The van der Waals surface area contributed by atoms with Gasteiger partial charge in [-0.15, -0.1) is 0 Å². The van der Waals surface area contributed by atoms with E-state index in [1.165, 1.54) is 6.21 Å². The molecule has 0 amide bonds. The van der Waals surface area contributed by atoms with E-state index in [-0.39, 0.29) is 0 Å². The average molecular weight is 211 g/mol. The SMILES string of the molecule is CCCn1cncc1C=NOCC(=O)O. The van der Waals surface area contributed by atoms with E-state index < -0.39 is 12.6 Å². The molecule has 0 unspecified atom stereocenters.